The first-order valence-electron chi connectivity index (χ1n) is 6.14. The molecule has 0 amide bonds. The third-order valence-corrected chi connectivity index (χ3v) is 2.97. The van der Waals surface area contributed by atoms with Gasteiger partial charge in [0.25, 0.3) is 0 Å². The van der Waals surface area contributed by atoms with Crippen molar-refractivity contribution >= 4 is 10.9 Å². The molecule has 0 unspecified atom stereocenters. The molecule has 19 heavy (non-hydrogen) atoms. The highest BCUT2D eigenvalue weighted by Crippen LogP contribution is 2.17. The zero-order valence-corrected chi connectivity index (χ0v) is 10.9. The van der Waals surface area contributed by atoms with Gasteiger partial charge in [-0.25, -0.2) is 0 Å². The van der Waals surface area contributed by atoms with E-state index in [1.165, 1.54) is 5.39 Å². The van der Waals surface area contributed by atoms with Gasteiger partial charge in [-0.1, -0.05) is 23.4 Å². The molecule has 0 saturated heterocycles. The lowest BCUT2D eigenvalue weighted by atomic mass is 10.2. The minimum Gasteiger partial charge on any atom is -0.338 e. The zero-order valence-electron chi connectivity index (χ0n) is 10.9. The third-order valence-electron chi connectivity index (χ3n) is 2.97. The highest BCUT2D eigenvalue weighted by atomic mass is 16.5. The lowest BCUT2D eigenvalue weighted by Crippen LogP contribution is -2.13. The Balaban J connectivity index is 1.72. The second-order valence-corrected chi connectivity index (χ2v) is 4.43. The van der Waals surface area contributed by atoms with Gasteiger partial charge < -0.3 is 9.84 Å². The van der Waals surface area contributed by atoms with E-state index < -0.39 is 0 Å². The van der Waals surface area contributed by atoms with Crippen LogP contribution in [0.15, 0.2) is 28.8 Å². The van der Waals surface area contributed by atoms with E-state index in [1.807, 2.05) is 23.9 Å². The SMILES string of the molecule is Cc1noc(CNCc2nn(C)c3ccccc23)n1. The molecule has 3 aromatic rings. The lowest BCUT2D eigenvalue weighted by Gasteiger charge is -1.98. The van der Waals surface area contributed by atoms with Crippen molar-refractivity contribution in [3.63, 3.8) is 0 Å². The van der Waals surface area contributed by atoms with Crippen LogP contribution in [0.5, 0.6) is 0 Å². The van der Waals surface area contributed by atoms with E-state index >= 15 is 0 Å². The van der Waals surface area contributed by atoms with Gasteiger partial charge in [-0.15, -0.1) is 0 Å². The molecule has 0 saturated carbocycles. The summed E-state index contributed by atoms with van der Waals surface area (Å²) in [6.07, 6.45) is 0. The van der Waals surface area contributed by atoms with Crippen molar-refractivity contribution in [3.8, 4) is 0 Å². The molecule has 98 valence electrons. The van der Waals surface area contributed by atoms with Gasteiger partial charge in [0.2, 0.25) is 5.89 Å². The molecule has 0 fully saturated rings. The molecule has 0 aliphatic rings. The molecule has 3 rings (SSSR count). The molecule has 0 aliphatic heterocycles. The van der Waals surface area contributed by atoms with Crippen LogP contribution in [0.2, 0.25) is 0 Å². The summed E-state index contributed by atoms with van der Waals surface area (Å²) in [6, 6.07) is 8.18. The molecule has 0 aliphatic carbocycles. The van der Waals surface area contributed by atoms with E-state index in [9.17, 15) is 0 Å². The van der Waals surface area contributed by atoms with Crippen LogP contribution in [0.3, 0.4) is 0 Å². The van der Waals surface area contributed by atoms with Gasteiger partial charge in [-0.05, 0) is 13.0 Å². The van der Waals surface area contributed by atoms with Gasteiger partial charge in [-0.3, -0.25) is 4.68 Å². The Hall–Kier alpha value is -2.21. The molecule has 0 spiro atoms. The fourth-order valence-electron chi connectivity index (χ4n) is 2.12. The van der Waals surface area contributed by atoms with E-state index in [0.29, 0.717) is 24.8 Å². The number of aromatic nitrogens is 4. The molecule has 1 N–H and O–H groups in total. The first kappa shape index (κ1) is 11.9. The number of rotatable bonds is 4. The van der Waals surface area contributed by atoms with Crippen LogP contribution in [0, 0.1) is 6.92 Å². The average molecular weight is 257 g/mol. The van der Waals surface area contributed by atoms with Gasteiger partial charge in [0.15, 0.2) is 5.82 Å². The van der Waals surface area contributed by atoms with E-state index in [0.717, 1.165) is 11.2 Å². The Morgan fingerprint density at radius 2 is 2.11 bits per heavy atom. The maximum absolute atomic E-state index is 5.05. The quantitative estimate of drug-likeness (QED) is 0.768. The summed E-state index contributed by atoms with van der Waals surface area (Å²) in [7, 11) is 1.95. The van der Waals surface area contributed by atoms with Crippen LogP contribution >= 0.6 is 0 Å². The molecule has 2 aromatic heterocycles. The number of nitrogens with one attached hydrogen (secondary N) is 1. The Labute approximate surface area is 110 Å². The monoisotopic (exact) mass is 257 g/mol. The van der Waals surface area contributed by atoms with Gasteiger partial charge in [-0.2, -0.15) is 10.1 Å². The van der Waals surface area contributed by atoms with Crippen molar-refractivity contribution in [2.24, 2.45) is 7.05 Å². The Bertz CT molecular complexity index is 700. The van der Waals surface area contributed by atoms with Crippen molar-refractivity contribution in [2.75, 3.05) is 0 Å². The number of hydrogen-bond donors (Lipinski definition) is 1. The van der Waals surface area contributed by atoms with Crippen LogP contribution in [0.1, 0.15) is 17.4 Å². The van der Waals surface area contributed by atoms with Gasteiger partial charge in [0.05, 0.1) is 17.8 Å². The molecule has 6 heteroatoms. The summed E-state index contributed by atoms with van der Waals surface area (Å²) in [5, 5.41) is 12.7. The number of nitrogens with zero attached hydrogens (tertiary/aromatic N) is 4. The zero-order chi connectivity index (χ0) is 13.2. The predicted octanol–water partition coefficient (Wildman–Crippen LogP) is 1.55. The number of benzene rings is 1. The van der Waals surface area contributed by atoms with Gasteiger partial charge >= 0.3 is 0 Å². The van der Waals surface area contributed by atoms with Crippen LogP contribution in [0.4, 0.5) is 0 Å². The second-order valence-electron chi connectivity index (χ2n) is 4.43. The van der Waals surface area contributed by atoms with Gasteiger partial charge in [0, 0.05) is 19.0 Å². The molecule has 1 aromatic carbocycles. The summed E-state index contributed by atoms with van der Waals surface area (Å²) in [6.45, 7) is 3.02. The fourth-order valence-corrected chi connectivity index (χ4v) is 2.12. The number of fused-ring (bicyclic) bond motifs is 1. The Morgan fingerprint density at radius 1 is 1.26 bits per heavy atom. The minimum absolute atomic E-state index is 0.547. The molecule has 0 radical (unpaired) electrons. The van der Waals surface area contributed by atoms with Crippen LogP contribution in [-0.2, 0) is 20.1 Å². The molecule has 6 nitrogen and oxygen atoms in total. The highest BCUT2D eigenvalue weighted by Gasteiger charge is 2.08. The summed E-state index contributed by atoms with van der Waals surface area (Å²) >= 11 is 0. The molecule has 2 heterocycles. The minimum atomic E-state index is 0.547. The maximum Gasteiger partial charge on any atom is 0.240 e. The molecular formula is C13H15N5O. The van der Waals surface area contributed by atoms with Gasteiger partial charge in [0.1, 0.15) is 0 Å². The topological polar surface area (TPSA) is 68.8 Å². The largest absolute Gasteiger partial charge is 0.338 e. The van der Waals surface area contributed by atoms with Crippen LogP contribution in [-0.4, -0.2) is 19.9 Å². The third kappa shape index (κ3) is 2.34. The maximum atomic E-state index is 5.05. The van der Waals surface area contributed by atoms with Crippen molar-refractivity contribution in [2.45, 2.75) is 20.0 Å². The summed E-state index contributed by atoms with van der Waals surface area (Å²) in [5.74, 6) is 1.25. The lowest BCUT2D eigenvalue weighted by molar-refractivity contribution is 0.363. The average Bonchev–Trinajstić information content (AvgIpc) is 2.96. The van der Waals surface area contributed by atoms with E-state index in [1.54, 1.807) is 6.92 Å². The standard InChI is InChI=1S/C13H15N5O/c1-9-15-13(19-17-9)8-14-7-11-10-5-3-4-6-12(10)18(2)16-11/h3-6,14H,7-8H2,1-2H3. The molecular weight excluding hydrogens is 242 g/mol. The fraction of sp³-hybridized carbons (Fsp3) is 0.308. The van der Waals surface area contributed by atoms with E-state index in [4.69, 9.17) is 4.52 Å². The van der Waals surface area contributed by atoms with Crippen LogP contribution in [0.25, 0.3) is 10.9 Å². The first-order chi connectivity index (χ1) is 9.24. The summed E-state index contributed by atoms with van der Waals surface area (Å²) < 4.78 is 6.94. The summed E-state index contributed by atoms with van der Waals surface area (Å²) in [4.78, 5) is 4.14. The first-order valence-corrected chi connectivity index (χ1v) is 6.14. The van der Waals surface area contributed by atoms with Crippen molar-refractivity contribution < 1.29 is 4.52 Å². The van der Waals surface area contributed by atoms with Crippen molar-refractivity contribution in [3.05, 3.63) is 41.7 Å². The van der Waals surface area contributed by atoms with E-state index in [2.05, 4.69) is 32.7 Å². The highest BCUT2D eigenvalue weighted by molar-refractivity contribution is 5.81. The predicted molar refractivity (Wildman–Crippen MR) is 70.3 cm³/mol. The number of hydrogen-bond acceptors (Lipinski definition) is 5. The second kappa shape index (κ2) is 4.81. The molecule has 0 atom stereocenters. The molecule has 0 bridgehead atoms. The Morgan fingerprint density at radius 3 is 2.89 bits per heavy atom. The van der Waals surface area contributed by atoms with E-state index in [-0.39, 0.29) is 0 Å². The normalized spacial score (nSPS) is 11.3. The van der Waals surface area contributed by atoms with Crippen molar-refractivity contribution in [1.82, 2.24) is 25.2 Å². The Kier molecular flexibility index (Phi) is 3.00. The number of para-hydroxylation sites is 1. The number of aryl methyl sites for hydroxylation is 2. The summed E-state index contributed by atoms with van der Waals surface area (Å²) in [5.41, 5.74) is 2.15. The van der Waals surface area contributed by atoms with Crippen molar-refractivity contribution in [1.29, 1.82) is 0 Å². The smallest absolute Gasteiger partial charge is 0.240 e. The van der Waals surface area contributed by atoms with Crippen LogP contribution < -0.4 is 5.32 Å².